The van der Waals surface area contributed by atoms with Crippen LogP contribution in [-0.4, -0.2) is 48.5 Å². The zero-order valence-corrected chi connectivity index (χ0v) is 14.5. The quantitative estimate of drug-likeness (QED) is 0.794. The summed E-state index contributed by atoms with van der Waals surface area (Å²) in [5.41, 5.74) is 0.469. The lowest BCUT2D eigenvalue weighted by molar-refractivity contribution is -0.130. The SMILES string of the molecule is O=C1CCN(CCOc2ccccc2)CCN1Cc1cc(F)cc(F)c1. The van der Waals surface area contributed by atoms with E-state index in [1.807, 2.05) is 30.3 Å². The van der Waals surface area contributed by atoms with Crippen molar-refractivity contribution in [2.45, 2.75) is 13.0 Å². The summed E-state index contributed by atoms with van der Waals surface area (Å²) >= 11 is 0. The third-order valence-electron chi connectivity index (χ3n) is 4.40. The van der Waals surface area contributed by atoms with Gasteiger partial charge < -0.3 is 9.64 Å². The van der Waals surface area contributed by atoms with E-state index < -0.39 is 11.6 Å². The van der Waals surface area contributed by atoms with Gasteiger partial charge in [-0.3, -0.25) is 9.69 Å². The van der Waals surface area contributed by atoms with E-state index in [-0.39, 0.29) is 12.5 Å². The number of halogens is 2. The summed E-state index contributed by atoms with van der Waals surface area (Å²) in [5, 5.41) is 0. The second-order valence-corrected chi connectivity index (χ2v) is 6.35. The average molecular weight is 360 g/mol. The molecule has 1 fully saturated rings. The van der Waals surface area contributed by atoms with Gasteiger partial charge in [0.05, 0.1) is 0 Å². The first kappa shape index (κ1) is 18.3. The highest BCUT2D eigenvalue weighted by molar-refractivity contribution is 5.76. The fourth-order valence-electron chi connectivity index (χ4n) is 3.03. The molecule has 0 atom stereocenters. The van der Waals surface area contributed by atoms with Crippen LogP contribution in [0.25, 0.3) is 0 Å². The van der Waals surface area contributed by atoms with Gasteiger partial charge >= 0.3 is 0 Å². The first-order valence-corrected chi connectivity index (χ1v) is 8.73. The van der Waals surface area contributed by atoms with E-state index in [0.717, 1.165) is 18.4 Å². The van der Waals surface area contributed by atoms with E-state index in [9.17, 15) is 13.6 Å². The van der Waals surface area contributed by atoms with Crippen molar-refractivity contribution in [1.29, 1.82) is 0 Å². The molecule has 0 aromatic heterocycles. The van der Waals surface area contributed by atoms with Crippen LogP contribution in [0.2, 0.25) is 0 Å². The highest BCUT2D eigenvalue weighted by atomic mass is 19.1. The number of para-hydroxylation sites is 1. The van der Waals surface area contributed by atoms with Crippen LogP contribution in [0.15, 0.2) is 48.5 Å². The maximum atomic E-state index is 13.3. The molecule has 2 aromatic rings. The summed E-state index contributed by atoms with van der Waals surface area (Å²) in [5.74, 6) is -0.418. The van der Waals surface area contributed by atoms with E-state index in [4.69, 9.17) is 4.74 Å². The minimum absolute atomic E-state index is 0.00106. The first-order chi connectivity index (χ1) is 12.6. The predicted molar refractivity (Wildman–Crippen MR) is 94.8 cm³/mol. The monoisotopic (exact) mass is 360 g/mol. The van der Waals surface area contributed by atoms with Crippen molar-refractivity contribution in [2.24, 2.45) is 0 Å². The summed E-state index contributed by atoms with van der Waals surface area (Å²) in [6.07, 6.45) is 0.392. The molecule has 0 unspecified atom stereocenters. The molecule has 0 spiro atoms. The fraction of sp³-hybridized carbons (Fsp3) is 0.350. The molecule has 1 saturated heterocycles. The number of rotatable bonds is 6. The van der Waals surface area contributed by atoms with Gasteiger partial charge in [0.2, 0.25) is 5.91 Å². The lowest BCUT2D eigenvalue weighted by Crippen LogP contribution is -2.34. The van der Waals surface area contributed by atoms with Crippen LogP contribution in [0.4, 0.5) is 8.78 Å². The lowest BCUT2D eigenvalue weighted by Gasteiger charge is -2.22. The van der Waals surface area contributed by atoms with Crippen molar-refractivity contribution < 1.29 is 18.3 Å². The molecule has 0 N–H and O–H groups in total. The number of benzene rings is 2. The number of hydrogen-bond donors (Lipinski definition) is 0. The topological polar surface area (TPSA) is 32.8 Å². The van der Waals surface area contributed by atoms with Gasteiger partial charge in [0.1, 0.15) is 24.0 Å². The third-order valence-corrected chi connectivity index (χ3v) is 4.40. The van der Waals surface area contributed by atoms with Crippen LogP contribution in [0.5, 0.6) is 5.75 Å². The molecule has 1 aliphatic heterocycles. The zero-order chi connectivity index (χ0) is 18.4. The Bertz CT molecular complexity index is 720. The van der Waals surface area contributed by atoms with Crippen LogP contribution in [0, 0.1) is 11.6 Å². The molecule has 3 rings (SSSR count). The Kier molecular flexibility index (Phi) is 6.17. The third kappa shape index (κ3) is 5.26. The van der Waals surface area contributed by atoms with Crippen molar-refractivity contribution in [2.75, 3.05) is 32.8 Å². The lowest BCUT2D eigenvalue weighted by atomic mass is 10.2. The molecule has 1 aliphatic rings. The van der Waals surface area contributed by atoms with Crippen molar-refractivity contribution in [3.05, 3.63) is 65.7 Å². The molecular formula is C20H22F2N2O2. The van der Waals surface area contributed by atoms with E-state index in [1.54, 1.807) is 4.90 Å². The highest BCUT2D eigenvalue weighted by Crippen LogP contribution is 2.14. The Balaban J connectivity index is 1.50. The van der Waals surface area contributed by atoms with Crippen LogP contribution < -0.4 is 4.74 Å². The summed E-state index contributed by atoms with van der Waals surface area (Å²) in [4.78, 5) is 16.1. The number of hydrogen-bond acceptors (Lipinski definition) is 3. The van der Waals surface area contributed by atoms with E-state index in [1.165, 1.54) is 12.1 Å². The molecule has 0 bridgehead atoms. The minimum Gasteiger partial charge on any atom is -0.492 e. The van der Waals surface area contributed by atoms with Crippen molar-refractivity contribution in [1.82, 2.24) is 9.80 Å². The van der Waals surface area contributed by atoms with Crippen LogP contribution >= 0.6 is 0 Å². The fourth-order valence-corrected chi connectivity index (χ4v) is 3.03. The Labute approximate surface area is 152 Å². The molecule has 26 heavy (non-hydrogen) atoms. The number of nitrogens with zero attached hydrogens (tertiary/aromatic N) is 2. The molecule has 1 amide bonds. The molecular weight excluding hydrogens is 338 g/mol. The first-order valence-electron chi connectivity index (χ1n) is 8.73. The summed E-state index contributed by atoms with van der Waals surface area (Å²) in [6.45, 7) is 3.40. The smallest absolute Gasteiger partial charge is 0.224 e. The molecule has 0 radical (unpaired) electrons. The Hall–Kier alpha value is -2.47. The van der Waals surface area contributed by atoms with Crippen molar-refractivity contribution >= 4 is 5.91 Å². The maximum Gasteiger partial charge on any atom is 0.224 e. The van der Waals surface area contributed by atoms with Crippen LogP contribution in [0.3, 0.4) is 0 Å². The summed E-state index contributed by atoms with van der Waals surface area (Å²) in [7, 11) is 0. The number of carbonyl (C=O) groups is 1. The molecule has 6 heteroatoms. The second kappa shape index (κ2) is 8.76. The molecule has 1 heterocycles. The Morgan fingerprint density at radius 2 is 1.69 bits per heavy atom. The molecule has 0 aliphatic carbocycles. The standard InChI is InChI=1S/C20H22F2N2O2/c21-17-12-16(13-18(22)14-17)15-24-9-8-23(7-6-20(24)25)10-11-26-19-4-2-1-3-5-19/h1-5,12-14H,6-11,15H2. The van der Waals surface area contributed by atoms with E-state index in [2.05, 4.69) is 4.90 Å². The normalized spacial score (nSPS) is 15.8. The van der Waals surface area contributed by atoms with Gasteiger partial charge in [-0.25, -0.2) is 8.78 Å². The average Bonchev–Trinajstić information content (AvgIpc) is 2.78. The highest BCUT2D eigenvalue weighted by Gasteiger charge is 2.21. The largest absolute Gasteiger partial charge is 0.492 e. The van der Waals surface area contributed by atoms with Gasteiger partial charge in [0.15, 0.2) is 0 Å². The van der Waals surface area contributed by atoms with E-state index >= 15 is 0 Å². The van der Waals surface area contributed by atoms with Crippen LogP contribution in [0.1, 0.15) is 12.0 Å². The van der Waals surface area contributed by atoms with E-state index in [0.29, 0.717) is 38.2 Å². The Morgan fingerprint density at radius 3 is 2.42 bits per heavy atom. The summed E-state index contributed by atoms with van der Waals surface area (Å²) < 4.78 is 32.4. The maximum absolute atomic E-state index is 13.3. The van der Waals surface area contributed by atoms with Gasteiger partial charge in [0.25, 0.3) is 0 Å². The zero-order valence-electron chi connectivity index (χ0n) is 14.5. The molecule has 4 nitrogen and oxygen atoms in total. The number of ether oxygens (including phenoxy) is 1. The van der Waals surface area contributed by atoms with Crippen LogP contribution in [-0.2, 0) is 11.3 Å². The molecule has 2 aromatic carbocycles. The molecule has 0 saturated carbocycles. The van der Waals surface area contributed by atoms with Gasteiger partial charge in [-0.1, -0.05) is 18.2 Å². The summed E-state index contributed by atoms with van der Waals surface area (Å²) in [6, 6.07) is 13.0. The van der Waals surface area contributed by atoms with Gasteiger partial charge in [-0.2, -0.15) is 0 Å². The minimum atomic E-state index is -0.623. The second-order valence-electron chi connectivity index (χ2n) is 6.35. The van der Waals surface area contributed by atoms with Crippen molar-refractivity contribution in [3.8, 4) is 5.75 Å². The number of carbonyl (C=O) groups excluding carboxylic acids is 1. The number of amides is 1. The predicted octanol–water partition coefficient (Wildman–Crippen LogP) is 3.08. The van der Waals surface area contributed by atoms with Gasteiger partial charge in [0, 0.05) is 45.2 Å². The van der Waals surface area contributed by atoms with Crippen molar-refractivity contribution in [3.63, 3.8) is 0 Å². The molecule has 138 valence electrons. The van der Waals surface area contributed by atoms with Gasteiger partial charge in [-0.05, 0) is 29.8 Å². The Morgan fingerprint density at radius 1 is 0.962 bits per heavy atom. The van der Waals surface area contributed by atoms with Gasteiger partial charge in [-0.15, -0.1) is 0 Å².